The molecule has 120 valence electrons. The van der Waals surface area contributed by atoms with Crippen molar-refractivity contribution >= 4 is 11.8 Å². The molecule has 0 bridgehead atoms. The molecule has 1 aliphatic carbocycles. The van der Waals surface area contributed by atoms with Gasteiger partial charge in [0, 0.05) is 19.5 Å². The molecular weight excluding hydrogens is 264 g/mol. The monoisotopic (exact) mass is 294 g/mol. The van der Waals surface area contributed by atoms with Crippen molar-refractivity contribution in [1.29, 1.82) is 0 Å². The Hall–Kier alpha value is -1.06. The van der Waals surface area contributed by atoms with E-state index in [1.165, 1.54) is 32.1 Å². The van der Waals surface area contributed by atoms with Gasteiger partial charge in [0.25, 0.3) is 0 Å². The predicted molar refractivity (Wildman–Crippen MR) is 83.8 cm³/mol. The van der Waals surface area contributed by atoms with Gasteiger partial charge in [-0.05, 0) is 31.1 Å². The molecule has 1 heterocycles. The molecule has 1 saturated carbocycles. The summed E-state index contributed by atoms with van der Waals surface area (Å²) in [6.07, 6.45) is 8.50. The van der Waals surface area contributed by atoms with Gasteiger partial charge < -0.3 is 10.2 Å². The second kappa shape index (κ2) is 7.81. The van der Waals surface area contributed by atoms with Crippen LogP contribution in [-0.4, -0.2) is 35.8 Å². The van der Waals surface area contributed by atoms with E-state index in [0.717, 1.165) is 25.3 Å². The van der Waals surface area contributed by atoms with Crippen molar-refractivity contribution in [2.24, 2.45) is 11.8 Å². The molecule has 1 N–H and O–H groups in total. The van der Waals surface area contributed by atoms with E-state index in [-0.39, 0.29) is 17.9 Å². The van der Waals surface area contributed by atoms with Crippen molar-refractivity contribution in [3.05, 3.63) is 0 Å². The molecule has 2 amide bonds. The fourth-order valence-corrected chi connectivity index (χ4v) is 3.69. The summed E-state index contributed by atoms with van der Waals surface area (Å²) in [7, 11) is 0. The van der Waals surface area contributed by atoms with E-state index in [1.54, 1.807) is 0 Å². The van der Waals surface area contributed by atoms with E-state index in [1.807, 2.05) is 4.90 Å². The summed E-state index contributed by atoms with van der Waals surface area (Å²) in [5.74, 6) is 1.68. The van der Waals surface area contributed by atoms with Crippen LogP contribution in [0.4, 0.5) is 0 Å². The van der Waals surface area contributed by atoms with E-state index in [4.69, 9.17) is 0 Å². The molecule has 0 radical (unpaired) electrons. The lowest BCUT2D eigenvalue weighted by Crippen LogP contribution is -2.46. The SMILES string of the molecule is CCCC1NC(=O)CCN(CC2CCC(CC)CC2)C1=O. The normalized spacial score (nSPS) is 31.0. The van der Waals surface area contributed by atoms with Gasteiger partial charge >= 0.3 is 0 Å². The molecule has 4 nitrogen and oxygen atoms in total. The van der Waals surface area contributed by atoms with E-state index >= 15 is 0 Å². The summed E-state index contributed by atoms with van der Waals surface area (Å²) in [5.41, 5.74) is 0. The first kappa shape index (κ1) is 16.3. The molecule has 0 aromatic heterocycles. The lowest BCUT2D eigenvalue weighted by Gasteiger charge is -2.32. The van der Waals surface area contributed by atoms with Gasteiger partial charge in [-0.1, -0.05) is 39.5 Å². The number of rotatable bonds is 5. The van der Waals surface area contributed by atoms with E-state index in [2.05, 4.69) is 19.2 Å². The Labute approximate surface area is 128 Å². The molecule has 2 fully saturated rings. The number of hydrogen-bond acceptors (Lipinski definition) is 2. The van der Waals surface area contributed by atoms with Crippen LogP contribution in [0.15, 0.2) is 0 Å². The minimum atomic E-state index is -0.294. The van der Waals surface area contributed by atoms with Crippen LogP contribution in [-0.2, 0) is 9.59 Å². The standard InChI is InChI=1S/C17H30N2O2/c1-3-5-15-17(21)19(11-10-16(20)18-15)12-14-8-6-13(4-2)7-9-14/h13-15H,3-12H2,1-2H3,(H,18,20). The first-order chi connectivity index (χ1) is 10.1. The van der Waals surface area contributed by atoms with E-state index in [9.17, 15) is 9.59 Å². The van der Waals surface area contributed by atoms with Crippen molar-refractivity contribution in [3.63, 3.8) is 0 Å². The van der Waals surface area contributed by atoms with Gasteiger partial charge in [0.15, 0.2) is 0 Å². The van der Waals surface area contributed by atoms with Gasteiger partial charge in [-0.15, -0.1) is 0 Å². The van der Waals surface area contributed by atoms with Crippen LogP contribution in [0.2, 0.25) is 0 Å². The molecule has 4 heteroatoms. The summed E-state index contributed by atoms with van der Waals surface area (Å²) < 4.78 is 0. The molecule has 2 rings (SSSR count). The molecule has 1 unspecified atom stereocenters. The van der Waals surface area contributed by atoms with Gasteiger partial charge in [-0.3, -0.25) is 9.59 Å². The van der Waals surface area contributed by atoms with Crippen molar-refractivity contribution < 1.29 is 9.59 Å². The Morgan fingerprint density at radius 1 is 1.10 bits per heavy atom. The third-order valence-electron chi connectivity index (χ3n) is 5.15. The van der Waals surface area contributed by atoms with E-state index < -0.39 is 0 Å². The predicted octanol–water partition coefficient (Wildman–Crippen LogP) is 2.72. The maximum absolute atomic E-state index is 12.6. The fraction of sp³-hybridized carbons (Fsp3) is 0.882. The second-order valence-corrected chi connectivity index (χ2v) is 6.74. The van der Waals surface area contributed by atoms with Gasteiger partial charge in [0.2, 0.25) is 11.8 Å². The van der Waals surface area contributed by atoms with Crippen LogP contribution in [0.5, 0.6) is 0 Å². The van der Waals surface area contributed by atoms with Crippen LogP contribution in [0.3, 0.4) is 0 Å². The van der Waals surface area contributed by atoms with Crippen LogP contribution >= 0.6 is 0 Å². The van der Waals surface area contributed by atoms with E-state index in [0.29, 0.717) is 18.9 Å². The highest BCUT2D eigenvalue weighted by atomic mass is 16.2. The van der Waals surface area contributed by atoms with Crippen LogP contribution in [0, 0.1) is 11.8 Å². The highest BCUT2D eigenvalue weighted by Gasteiger charge is 2.31. The van der Waals surface area contributed by atoms with Gasteiger partial charge in [-0.25, -0.2) is 0 Å². The minimum absolute atomic E-state index is 0.0268. The zero-order valence-corrected chi connectivity index (χ0v) is 13.6. The average Bonchev–Trinajstić information content (AvgIpc) is 2.62. The lowest BCUT2D eigenvalue weighted by molar-refractivity contribution is -0.134. The number of carbonyl (C=O) groups excluding carboxylic acids is 2. The molecule has 1 aliphatic heterocycles. The van der Waals surface area contributed by atoms with Crippen molar-refractivity contribution in [3.8, 4) is 0 Å². The van der Waals surface area contributed by atoms with Gasteiger partial charge in [-0.2, -0.15) is 0 Å². The number of amides is 2. The van der Waals surface area contributed by atoms with Gasteiger partial charge in [0.05, 0.1) is 0 Å². The Morgan fingerprint density at radius 3 is 2.38 bits per heavy atom. The van der Waals surface area contributed by atoms with Crippen LogP contribution in [0.25, 0.3) is 0 Å². The fourth-order valence-electron chi connectivity index (χ4n) is 3.69. The highest BCUT2D eigenvalue weighted by molar-refractivity contribution is 5.89. The highest BCUT2D eigenvalue weighted by Crippen LogP contribution is 2.31. The third kappa shape index (κ3) is 4.45. The molecule has 21 heavy (non-hydrogen) atoms. The Morgan fingerprint density at radius 2 is 1.76 bits per heavy atom. The molecule has 0 aromatic rings. The topological polar surface area (TPSA) is 49.4 Å². The molecule has 0 spiro atoms. The molecule has 0 aromatic carbocycles. The number of nitrogens with one attached hydrogen (secondary N) is 1. The van der Waals surface area contributed by atoms with Crippen LogP contribution < -0.4 is 5.32 Å². The molecule has 1 saturated heterocycles. The maximum atomic E-state index is 12.6. The quantitative estimate of drug-likeness (QED) is 0.847. The summed E-state index contributed by atoms with van der Waals surface area (Å²) in [6.45, 7) is 5.78. The Bertz CT molecular complexity index is 362. The summed E-state index contributed by atoms with van der Waals surface area (Å²) in [5, 5.41) is 2.88. The largest absolute Gasteiger partial charge is 0.344 e. The van der Waals surface area contributed by atoms with Crippen molar-refractivity contribution in [2.75, 3.05) is 13.1 Å². The van der Waals surface area contributed by atoms with Crippen molar-refractivity contribution in [1.82, 2.24) is 10.2 Å². The first-order valence-electron chi connectivity index (χ1n) is 8.72. The van der Waals surface area contributed by atoms with Crippen LogP contribution in [0.1, 0.15) is 65.2 Å². The number of carbonyl (C=O) groups is 2. The molecule has 2 aliphatic rings. The third-order valence-corrected chi connectivity index (χ3v) is 5.15. The smallest absolute Gasteiger partial charge is 0.245 e. The zero-order valence-electron chi connectivity index (χ0n) is 13.6. The van der Waals surface area contributed by atoms with Crippen molar-refractivity contribution in [2.45, 2.75) is 71.3 Å². The average molecular weight is 294 g/mol. The maximum Gasteiger partial charge on any atom is 0.245 e. The van der Waals surface area contributed by atoms with Gasteiger partial charge in [0.1, 0.15) is 6.04 Å². The number of hydrogen-bond donors (Lipinski definition) is 1. The second-order valence-electron chi connectivity index (χ2n) is 6.74. The summed E-state index contributed by atoms with van der Waals surface area (Å²) >= 11 is 0. The Kier molecular flexibility index (Phi) is 6.07. The molecule has 1 atom stereocenters. The summed E-state index contributed by atoms with van der Waals surface area (Å²) in [6, 6.07) is -0.294. The molecular formula is C17H30N2O2. The zero-order chi connectivity index (χ0) is 15.2. The lowest BCUT2D eigenvalue weighted by atomic mass is 9.80. The Balaban J connectivity index is 1.91. The number of nitrogens with zero attached hydrogens (tertiary/aromatic N) is 1. The minimum Gasteiger partial charge on any atom is -0.344 e. The first-order valence-corrected chi connectivity index (χ1v) is 8.72. The summed E-state index contributed by atoms with van der Waals surface area (Å²) in [4.78, 5) is 26.3.